The van der Waals surface area contributed by atoms with Gasteiger partial charge in [-0.1, -0.05) is 0 Å². The van der Waals surface area contributed by atoms with Crippen LogP contribution in [0.3, 0.4) is 0 Å². The van der Waals surface area contributed by atoms with Gasteiger partial charge in [0.15, 0.2) is 0 Å². The average molecular weight is 203 g/mol. The second-order valence-electron chi connectivity index (χ2n) is 3.36. The molecular formula is C10H9N3S. The minimum Gasteiger partial charge on any atom is -0.368 e. The molecule has 70 valence electrons. The number of hydrogen-bond donors (Lipinski definition) is 1. The van der Waals surface area contributed by atoms with Gasteiger partial charge in [0, 0.05) is 16.6 Å². The molecule has 1 aliphatic rings. The Morgan fingerprint density at radius 3 is 3.21 bits per heavy atom. The molecule has 0 spiro atoms. The van der Waals surface area contributed by atoms with Gasteiger partial charge in [-0.15, -0.1) is 11.3 Å². The quantitative estimate of drug-likeness (QED) is 0.711. The molecule has 0 aromatic carbocycles. The van der Waals surface area contributed by atoms with Gasteiger partial charge in [0.25, 0.3) is 0 Å². The van der Waals surface area contributed by atoms with Crippen molar-refractivity contribution in [1.29, 1.82) is 0 Å². The lowest BCUT2D eigenvalue weighted by Gasteiger charge is -2.14. The Morgan fingerprint density at radius 1 is 1.36 bits per heavy atom. The number of anilines is 1. The standard InChI is InChI=1S/C10H9N3S/c11-10-12-5-6-1-2-8-7(3-4-14-8)9(6)13-10/h3-5H,1-2H2,(H2,11,12,13). The number of hydrogen-bond acceptors (Lipinski definition) is 4. The summed E-state index contributed by atoms with van der Waals surface area (Å²) in [6, 6.07) is 2.12. The molecule has 0 saturated heterocycles. The number of rotatable bonds is 0. The molecule has 2 N–H and O–H groups in total. The Labute approximate surface area is 85.6 Å². The number of fused-ring (bicyclic) bond motifs is 3. The highest BCUT2D eigenvalue weighted by Gasteiger charge is 2.18. The van der Waals surface area contributed by atoms with Gasteiger partial charge in [0.05, 0.1) is 5.69 Å². The topological polar surface area (TPSA) is 51.8 Å². The lowest BCUT2D eigenvalue weighted by Crippen LogP contribution is -2.06. The van der Waals surface area contributed by atoms with Crippen LogP contribution >= 0.6 is 11.3 Å². The van der Waals surface area contributed by atoms with E-state index in [9.17, 15) is 0 Å². The van der Waals surface area contributed by atoms with Gasteiger partial charge in [-0.05, 0) is 29.9 Å². The molecule has 3 rings (SSSR count). The predicted molar refractivity (Wildman–Crippen MR) is 57.2 cm³/mol. The molecule has 0 aliphatic heterocycles. The second-order valence-corrected chi connectivity index (χ2v) is 4.36. The van der Waals surface area contributed by atoms with Crippen molar-refractivity contribution in [2.75, 3.05) is 5.73 Å². The van der Waals surface area contributed by atoms with E-state index in [4.69, 9.17) is 5.73 Å². The van der Waals surface area contributed by atoms with E-state index in [1.54, 1.807) is 11.3 Å². The van der Waals surface area contributed by atoms with Crippen molar-refractivity contribution >= 4 is 17.3 Å². The van der Waals surface area contributed by atoms with E-state index in [-0.39, 0.29) is 0 Å². The second kappa shape index (κ2) is 2.78. The van der Waals surface area contributed by atoms with Gasteiger partial charge in [0.2, 0.25) is 5.95 Å². The third-order valence-electron chi connectivity index (χ3n) is 2.51. The number of nitrogens with zero attached hydrogens (tertiary/aromatic N) is 2. The summed E-state index contributed by atoms with van der Waals surface area (Å²) in [5.41, 5.74) is 9.07. The minimum atomic E-state index is 0.364. The zero-order valence-corrected chi connectivity index (χ0v) is 8.34. The monoisotopic (exact) mass is 203 g/mol. The fraction of sp³-hybridized carbons (Fsp3) is 0.200. The van der Waals surface area contributed by atoms with E-state index in [1.807, 2.05) is 6.20 Å². The van der Waals surface area contributed by atoms with E-state index < -0.39 is 0 Å². The third kappa shape index (κ3) is 1.04. The smallest absolute Gasteiger partial charge is 0.220 e. The van der Waals surface area contributed by atoms with Crippen molar-refractivity contribution < 1.29 is 0 Å². The van der Waals surface area contributed by atoms with Crippen molar-refractivity contribution in [3.8, 4) is 11.3 Å². The third-order valence-corrected chi connectivity index (χ3v) is 3.49. The lowest BCUT2D eigenvalue weighted by molar-refractivity contribution is 0.932. The molecule has 0 saturated carbocycles. The van der Waals surface area contributed by atoms with Crippen LogP contribution < -0.4 is 5.73 Å². The zero-order chi connectivity index (χ0) is 9.54. The Kier molecular flexibility index (Phi) is 1.58. The van der Waals surface area contributed by atoms with Crippen LogP contribution in [-0.2, 0) is 12.8 Å². The van der Waals surface area contributed by atoms with Crippen LogP contribution in [0, 0.1) is 0 Å². The van der Waals surface area contributed by atoms with Crippen LogP contribution in [0.2, 0.25) is 0 Å². The first-order chi connectivity index (χ1) is 6.84. The molecule has 0 fully saturated rings. The summed E-state index contributed by atoms with van der Waals surface area (Å²) < 4.78 is 0. The zero-order valence-electron chi connectivity index (χ0n) is 7.53. The normalized spacial score (nSPS) is 13.4. The first-order valence-corrected chi connectivity index (χ1v) is 5.40. The number of aromatic nitrogens is 2. The van der Waals surface area contributed by atoms with E-state index in [0.717, 1.165) is 18.5 Å². The Hall–Kier alpha value is -1.42. The Bertz CT molecular complexity index is 490. The van der Waals surface area contributed by atoms with Gasteiger partial charge >= 0.3 is 0 Å². The fourth-order valence-electron chi connectivity index (χ4n) is 1.83. The number of thiophene rings is 1. The molecule has 0 atom stereocenters. The molecule has 0 bridgehead atoms. The summed E-state index contributed by atoms with van der Waals surface area (Å²) in [7, 11) is 0. The highest BCUT2D eigenvalue weighted by Crippen LogP contribution is 2.34. The van der Waals surface area contributed by atoms with Crippen molar-refractivity contribution in [1.82, 2.24) is 9.97 Å². The maximum atomic E-state index is 5.59. The largest absolute Gasteiger partial charge is 0.368 e. The molecule has 0 radical (unpaired) electrons. The summed E-state index contributed by atoms with van der Waals surface area (Å²) in [5, 5.41) is 2.11. The maximum absolute atomic E-state index is 5.59. The molecule has 3 nitrogen and oxygen atoms in total. The van der Waals surface area contributed by atoms with Crippen molar-refractivity contribution in [2.24, 2.45) is 0 Å². The van der Waals surface area contributed by atoms with E-state index >= 15 is 0 Å². The first kappa shape index (κ1) is 7.94. The van der Waals surface area contributed by atoms with Crippen molar-refractivity contribution in [3.63, 3.8) is 0 Å². The highest BCUT2D eigenvalue weighted by atomic mass is 32.1. The molecule has 4 heteroatoms. The molecule has 2 aromatic rings. The highest BCUT2D eigenvalue weighted by molar-refractivity contribution is 7.10. The minimum absolute atomic E-state index is 0.364. The van der Waals surface area contributed by atoms with Crippen molar-refractivity contribution in [2.45, 2.75) is 12.8 Å². The molecule has 1 aliphatic carbocycles. The van der Waals surface area contributed by atoms with Crippen molar-refractivity contribution in [3.05, 3.63) is 28.1 Å². The van der Waals surface area contributed by atoms with Crippen LogP contribution in [0.15, 0.2) is 17.6 Å². The Morgan fingerprint density at radius 2 is 2.29 bits per heavy atom. The van der Waals surface area contributed by atoms with Crippen LogP contribution in [0.5, 0.6) is 0 Å². The summed E-state index contributed by atoms with van der Waals surface area (Å²) in [6.45, 7) is 0. The molecule has 0 unspecified atom stereocenters. The van der Waals surface area contributed by atoms with Gasteiger partial charge in [-0.25, -0.2) is 9.97 Å². The fourth-order valence-corrected chi connectivity index (χ4v) is 2.71. The number of nitrogen functional groups attached to an aromatic ring is 1. The molecule has 2 aromatic heterocycles. The molecule has 0 amide bonds. The lowest BCUT2D eigenvalue weighted by atomic mass is 9.97. The first-order valence-electron chi connectivity index (χ1n) is 4.53. The van der Waals surface area contributed by atoms with Gasteiger partial charge < -0.3 is 5.73 Å². The summed E-state index contributed by atoms with van der Waals surface area (Å²) >= 11 is 1.79. The van der Waals surface area contributed by atoms with E-state index in [0.29, 0.717) is 5.95 Å². The molecule has 2 heterocycles. The number of aryl methyl sites for hydroxylation is 2. The van der Waals surface area contributed by atoms with Gasteiger partial charge in [-0.2, -0.15) is 0 Å². The average Bonchev–Trinajstić information content (AvgIpc) is 2.65. The predicted octanol–water partition coefficient (Wildman–Crippen LogP) is 1.89. The molecule has 14 heavy (non-hydrogen) atoms. The van der Waals surface area contributed by atoms with Crippen LogP contribution in [0.25, 0.3) is 11.3 Å². The summed E-state index contributed by atoms with van der Waals surface area (Å²) in [4.78, 5) is 9.73. The van der Waals surface area contributed by atoms with E-state index in [2.05, 4.69) is 21.4 Å². The summed E-state index contributed by atoms with van der Waals surface area (Å²) in [6.07, 6.45) is 3.98. The maximum Gasteiger partial charge on any atom is 0.220 e. The van der Waals surface area contributed by atoms with Crippen LogP contribution in [-0.4, -0.2) is 9.97 Å². The van der Waals surface area contributed by atoms with Gasteiger partial charge in [-0.3, -0.25) is 0 Å². The Balaban J connectivity index is 2.28. The van der Waals surface area contributed by atoms with Crippen LogP contribution in [0.1, 0.15) is 10.4 Å². The van der Waals surface area contributed by atoms with Gasteiger partial charge in [0.1, 0.15) is 0 Å². The van der Waals surface area contributed by atoms with E-state index in [1.165, 1.54) is 16.0 Å². The van der Waals surface area contributed by atoms with Crippen LogP contribution in [0.4, 0.5) is 5.95 Å². The SMILES string of the molecule is Nc1ncc2c(n1)-c1ccsc1CC2. The number of nitrogens with two attached hydrogens (primary N) is 1. The molecular weight excluding hydrogens is 194 g/mol. The summed E-state index contributed by atoms with van der Waals surface area (Å²) in [5.74, 6) is 0.364.